The van der Waals surface area contributed by atoms with E-state index in [-0.39, 0.29) is 11.8 Å². The standard InChI is InChI=1S/C11H11ClN2O3/c12-6-5-9-13-10(14-17-9)7-1-3-8(4-2-7)11(15)16/h1-4,9H,5-6H2,(H,13,14)(H,15,16). The summed E-state index contributed by atoms with van der Waals surface area (Å²) >= 11 is 5.59. The Balaban J connectivity index is 2.06. The van der Waals surface area contributed by atoms with Gasteiger partial charge in [-0.1, -0.05) is 17.3 Å². The lowest BCUT2D eigenvalue weighted by Gasteiger charge is -2.07. The molecule has 0 fully saturated rings. The Morgan fingerprint density at radius 1 is 1.47 bits per heavy atom. The lowest BCUT2D eigenvalue weighted by atomic mass is 10.1. The van der Waals surface area contributed by atoms with E-state index < -0.39 is 5.97 Å². The molecule has 0 radical (unpaired) electrons. The number of hydrogen-bond acceptors (Lipinski definition) is 4. The molecule has 1 aromatic carbocycles. The fourth-order valence-corrected chi connectivity index (χ4v) is 1.65. The Kier molecular flexibility index (Phi) is 3.49. The zero-order chi connectivity index (χ0) is 12.3. The van der Waals surface area contributed by atoms with E-state index in [1.54, 1.807) is 12.1 Å². The van der Waals surface area contributed by atoms with Crippen LogP contribution >= 0.6 is 11.6 Å². The molecule has 0 saturated carbocycles. The van der Waals surface area contributed by atoms with E-state index in [2.05, 4.69) is 10.5 Å². The van der Waals surface area contributed by atoms with E-state index in [4.69, 9.17) is 21.5 Å². The predicted octanol–water partition coefficient (Wildman–Crippen LogP) is 1.62. The summed E-state index contributed by atoms with van der Waals surface area (Å²) in [6.07, 6.45) is 0.448. The molecule has 1 aromatic rings. The van der Waals surface area contributed by atoms with Gasteiger partial charge in [0.05, 0.1) is 5.56 Å². The van der Waals surface area contributed by atoms with Crippen LogP contribution in [0.5, 0.6) is 0 Å². The van der Waals surface area contributed by atoms with Gasteiger partial charge in [-0.15, -0.1) is 11.6 Å². The van der Waals surface area contributed by atoms with Crippen molar-refractivity contribution in [2.75, 3.05) is 5.88 Å². The molecule has 5 nitrogen and oxygen atoms in total. The third kappa shape index (κ3) is 2.68. The summed E-state index contributed by atoms with van der Waals surface area (Å²) < 4.78 is 0. The second-order valence-corrected chi connectivity index (χ2v) is 3.92. The quantitative estimate of drug-likeness (QED) is 0.801. The molecule has 1 heterocycles. The van der Waals surface area contributed by atoms with Gasteiger partial charge in [0.1, 0.15) is 0 Å². The Bertz CT molecular complexity index is 445. The average Bonchev–Trinajstić information content (AvgIpc) is 2.78. The lowest BCUT2D eigenvalue weighted by Crippen LogP contribution is -2.30. The fourth-order valence-electron chi connectivity index (χ4n) is 1.45. The maximum Gasteiger partial charge on any atom is 0.335 e. The number of carboxylic acids is 1. The highest BCUT2D eigenvalue weighted by Gasteiger charge is 2.19. The molecule has 1 aliphatic rings. The van der Waals surface area contributed by atoms with Gasteiger partial charge in [0.15, 0.2) is 12.1 Å². The van der Waals surface area contributed by atoms with Gasteiger partial charge in [0.25, 0.3) is 0 Å². The Morgan fingerprint density at radius 3 is 2.76 bits per heavy atom. The van der Waals surface area contributed by atoms with Crippen molar-refractivity contribution < 1.29 is 14.7 Å². The topological polar surface area (TPSA) is 70.9 Å². The van der Waals surface area contributed by atoms with Crippen LogP contribution < -0.4 is 5.32 Å². The van der Waals surface area contributed by atoms with E-state index >= 15 is 0 Å². The number of amidine groups is 1. The molecule has 1 unspecified atom stereocenters. The van der Waals surface area contributed by atoms with Crippen molar-refractivity contribution in [3.05, 3.63) is 35.4 Å². The molecule has 90 valence electrons. The van der Waals surface area contributed by atoms with Crippen molar-refractivity contribution in [1.29, 1.82) is 0 Å². The largest absolute Gasteiger partial charge is 0.478 e. The van der Waals surface area contributed by atoms with Crippen LogP contribution in [0.3, 0.4) is 0 Å². The van der Waals surface area contributed by atoms with Gasteiger partial charge in [-0.3, -0.25) is 0 Å². The van der Waals surface area contributed by atoms with E-state index in [1.807, 2.05) is 0 Å². The van der Waals surface area contributed by atoms with Crippen molar-refractivity contribution in [2.45, 2.75) is 12.6 Å². The van der Waals surface area contributed by atoms with Crippen LogP contribution in [0.25, 0.3) is 0 Å². The summed E-state index contributed by atoms with van der Waals surface area (Å²) in [6, 6.07) is 6.41. The van der Waals surface area contributed by atoms with Crippen molar-refractivity contribution >= 4 is 23.4 Å². The number of nitrogens with zero attached hydrogens (tertiary/aromatic N) is 1. The van der Waals surface area contributed by atoms with Crippen LogP contribution in [-0.2, 0) is 4.84 Å². The summed E-state index contributed by atoms with van der Waals surface area (Å²) in [5.41, 5.74) is 1.03. The Labute approximate surface area is 103 Å². The molecule has 1 aliphatic heterocycles. The molecule has 0 aromatic heterocycles. The Hall–Kier alpha value is -1.75. The summed E-state index contributed by atoms with van der Waals surface area (Å²) in [4.78, 5) is 15.8. The minimum absolute atomic E-state index is 0.207. The summed E-state index contributed by atoms with van der Waals surface area (Å²) in [7, 11) is 0. The van der Waals surface area contributed by atoms with Crippen LogP contribution in [0.1, 0.15) is 22.3 Å². The lowest BCUT2D eigenvalue weighted by molar-refractivity contribution is 0.0696. The molecule has 0 saturated heterocycles. The maximum absolute atomic E-state index is 10.7. The van der Waals surface area contributed by atoms with Crippen LogP contribution in [0, 0.1) is 0 Å². The first-order chi connectivity index (χ1) is 8.20. The summed E-state index contributed by atoms with van der Waals surface area (Å²) in [6.45, 7) is 0. The number of hydrogen-bond donors (Lipinski definition) is 2. The number of carboxylic acid groups (broad SMARTS) is 1. The second kappa shape index (κ2) is 5.05. The number of benzene rings is 1. The molecular formula is C11H11ClN2O3. The molecule has 0 spiro atoms. The van der Waals surface area contributed by atoms with E-state index in [0.29, 0.717) is 18.1 Å². The van der Waals surface area contributed by atoms with Crippen molar-refractivity contribution in [3.63, 3.8) is 0 Å². The monoisotopic (exact) mass is 254 g/mol. The number of nitrogens with one attached hydrogen (secondary N) is 1. The van der Waals surface area contributed by atoms with Gasteiger partial charge in [-0.05, 0) is 12.1 Å². The van der Waals surface area contributed by atoms with Crippen molar-refractivity contribution in [3.8, 4) is 0 Å². The van der Waals surface area contributed by atoms with E-state index in [9.17, 15) is 4.79 Å². The fraction of sp³-hybridized carbons (Fsp3) is 0.273. The van der Waals surface area contributed by atoms with Gasteiger partial charge < -0.3 is 15.3 Å². The molecular weight excluding hydrogens is 244 g/mol. The van der Waals surface area contributed by atoms with Gasteiger partial charge in [-0.25, -0.2) is 4.79 Å². The average molecular weight is 255 g/mol. The first-order valence-electron chi connectivity index (χ1n) is 5.11. The first kappa shape index (κ1) is 11.7. The van der Waals surface area contributed by atoms with Crippen LogP contribution in [0.2, 0.25) is 0 Å². The number of halogens is 1. The number of oxime groups is 1. The SMILES string of the molecule is O=C(O)c1ccc(C2=NOC(CCCl)N2)cc1. The normalized spacial score (nSPS) is 18.2. The third-order valence-corrected chi connectivity index (χ3v) is 2.56. The summed E-state index contributed by atoms with van der Waals surface area (Å²) in [5, 5.41) is 15.7. The van der Waals surface area contributed by atoms with Crippen LogP contribution in [0.15, 0.2) is 29.4 Å². The maximum atomic E-state index is 10.7. The van der Waals surface area contributed by atoms with Crippen molar-refractivity contribution in [1.82, 2.24) is 5.32 Å². The number of carbonyl (C=O) groups is 1. The highest BCUT2D eigenvalue weighted by Crippen LogP contribution is 2.11. The van der Waals surface area contributed by atoms with Gasteiger partial charge in [-0.2, -0.15) is 0 Å². The molecule has 0 amide bonds. The minimum atomic E-state index is -0.950. The zero-order valence-electron chi connectivity index (χ0n) is 8.89. The molecule has 1 atom stereocenters. The number of aromatic carboxylic acids is 1. The Morgan fingerprint density at radius 2 is 2.18 bits per heavy atom. The highest BCUT2D eigenvalue weighted by atomic mass is 35.5. The van der Waals surface area contributed by atoms with E-state index in [0.717, 1.165) is 5.56 Å². The molecule has 2 rings (SSSR count). The van der Waals surface area contributed by atoms with Crippen molar-refractivity contribution in [2.24, 2.45) is 5.16 Å². The number of rotatable bonds is 4. The summed E-state index contributed by atoms with van der Waals surface area (Å²) in [5.74, 6) is 0.129. The molecule has 0 aliphatic carbocycles. The van der Waals surface area contributed by atoms with Gasteiger partial charge >= 0.3 is 5.97 Å². The third-order valence-electron chi connectivity index (χ3n) is 2.35. The minimum Gasteiger partial charge on any atom is -0.478 e. The van der Waals surface area contributed by atoms with Crippen LogP contribution in [0.4, 0.5) is 0 Å². The predicted molar refractivity (Wildman–Crippen MR) is 63.3 cm³/mol. The zero-order valence-corrected chi connectivity index (χ0v) is 9.65. The van der Waals surface area contributed by atoms with Crippen LogP contribution in [-0.4, -0.2) is 29.0 Å². The molecule has 2 N–H and O–H groups in total. The molecule has 0 bridgehead atoms. The van der Waals surface area contributed by atoms with Gasteiger partial charge in [0, 0.05) is 17.9 Å². The van der Waals surface area contributed by atoms with E-state index in [1.165, 1.54) is 12.1 Å². The first-order valence-corrected chi connectivity index (χ1v) is 5.64. The van der Waals surface area contributed by atoms with Gasteiger partial charge in [0.2, 0.25) is 0 Å². The smallest absolute Gasteiger partial charge is 0.335 e. The highest BCUT2D eigenvalue weighted by molar-refractivity contribution is 6.17. The second-order valence-electron chi connectivity index (χ2n) is 3.54. The molecule has 17 heavy (non-hydrogen) atoms. The number of alkyl halides is 1. The molecule has 6 heteroatoms.